The van der Waals surface area contributed by atoms with Gasteiger partial charge in [-0.15, -0.1) is 0 Å². The normalized spacial score (nSPS) is 14.7. The maximum atomic E-state index is 5.76. The minimum atomic E-state index is 0.347. The molecule has 1 aliphatic rings. The molecule has 1 aromatic heterocycles. The van der Waals surface area contributed by atoms with Crippen LogP contribution >= 0.6 is 0 Å². The standard InChI is InChI=1S/C12H21N5/c1-3-7-17(9-5-6-9)11-8-10(14-4-2)15-12(13)16-11/h8-9H,3-7H2,1-2H3,(H3,13,14,15,16). The summed E-state index contributed by atoms with van der Waals surface area (Å²) in [6, 6.07) is 2.65. The third-order valence-corrected chi connectivity index (χ3v) is 2.83. The summed E-state index contributed by atoms with van der Waals surface area (Å²) in [5, 5.41) is 3.19. The Bertz CT molecular complexity index is 375. The smallest absolute Gasteiger partial charge is 0.223 e. The molecule has 1 fully saturated rings. The first-order valence-electron chi connectivity index (χ1n) is 6.39. The summed E-state index contributed by atoms with van der Waals surface area (Å²) in [5.41, 5.74) is 5.76. The van der Waals surface area contributed by atoms with Crippen LogP contribution in [0.15, 0.2) is 6.07 Å². The van der Waals surface area contributed by atoms with E-state index in [9.17, 15) is 0 Å². The van der Waals surface area contributed by atoms with Gasteiger partial charge in [0.1, 0.15) is 11.6 Å². The van der Waals surface area contributed by atoms with Crippen molar-refractivity contribution in [1.29, 1.82) is 0 Å². The van der Waals surface area contributed by atoms with Crippen molar-refractivity contribution in [2.45, 2.75) is 39.2 Å². The quantitative estimate of drug-likeness (QED) is 0.788. The molecule has 0 amide bonds. The maximum absolute atomic E-state index is 5.76. The number of hydrogen-bond acceptors (Lipinski definition) is 5. The number of hydrogen-bond donors (Lipinski definition) is 2. The summed E-state index contributed by atoms with van der Waals surface area (Å²) in [5.74, 6) is 2.12. The number of nitrogens with two attached hydrogens (primary N) is 1. The van der Waals surface area contributed by atoms with Crippen LogP contribution in [-0.4, -0.2) is 29.1 Å². The molecule has 2 rings (SSSR count). The van der Waals surface area contributed by atoms with E-state index in [-0.39, 0.29) is 0 Å². The lowest BCUT2D eigenvalue weighted by atomic mass is 10.3. The molecule has 0 spiro atoms. The van der Waals surface area contributed by atoms with Gasteiger partial charge in [-0.25, -0.2) is 0 Å². The Morgan fingerprint density at radius 1 is 1.41 bits per heavy atom. The van der Waals surface area contributed by atoms with Crippen molar-refractivity contribution in [3.8, 4) is 0 Å². The van der Waals surface area contributed by atoms with Crippen LogP contribution in [-0.2, 0) is 0 Å². The first kappa shape index (κ1) is 12.0. The van der Waals surface area contributed by atoms with E-state index in [2.05, 4.69) is 27.1 Å². The Kier molecular flexibility index (Phi) is 3.66. The van der Waals surface area contributed by atoms with E-state index in [0.29, 0.717) is 12.0 Å². The zero-order valence-electron chi connectivity index (χ0n) is 10.6. The fourth-order valence-electron chi connectivity index (χ4n) is 1.98. The highest BCUT2D eigenvalue weighted by atomic mass is 15.3. The highest BCUT2D eigenvalue weighted by Crippen LogP contribution is 2.31. The summed E-state index contributed by atoms with van der Waals surface area (Å²) in [6.45, 7) is 6.10. The van der Waals surface area contributed by atoms with Crippen LogP contribution in [0.2, 0.25) is 0 Å². The molecule has 0 unspecified atom stereocenters. The topological polar surface area (TPSA) is 67.1 Å². The molecule has 5 nitrogen and oxygen atoms in total. The Hall–Kier alpha value is -1.52. The van der Waals surface area contributed by atoms with Crippen molar-refractivity contribution in [2.75, 3.05) is 29.0 Å². The fourth-order valence-corrected chi connectivity index (χ4v) is 1.98. The molecular formula is C12H21N5. The van der Waals surface area contributed by atoms with E-state index >= 15 is 0 Å². The summed E-state index contributed by atoms with van der Waals surface area (Å²) < 4.78 is 0. The molecule has 0 saturated heterocycles. The van der Waals surface area contributed by atoms with Gasteiger partial charge in [-0.05, 0) is 26.2 Å². The lowest BCUT2D eigenvalue weighted by molar-refractivity contribution is 0.750. The van der Waals surface area contributed by atoms with Crippen molar-refractivity contribution in [2.24, 2.45) is 0 Å². The Morgan fingerprint density at radius 2 is 2.18 bits per heavy atom. The molecule has 1 aliphatic carbocycles. The highest BCUT2D eigenvalue weighted by molar-refractivity contribution is 5.53. The van der Waals surface area contributed by atoms with Crippen LogP contribution in [0.1, 0.15) is 33.1 Å². The second-order valence-electron chi connectivity index (χ2n) is 4.42. The van der Waals surface area contributed by atoms with Gasteiger partial charge in [-0.1, -0.05) is 6.92 Å². The Morgan fingerprint density at radius 3 is 2.76 bits per heavy atom. The molecule has 0 atom stereocenters. The predicted octanol–water partition coefficient (Wildman–Crippen LogP) is 1.87. The molecule has 3 N–H and O–H groups in total. The summed E-state index contributed by atoms with van der Waals surface area (Å²) >= 11 is 0. The maximum Gasteiger partial charge on any atom is 0.223 e. The molecule has 1 saturated carbocycles. The molecule has 0 radical (unpaired) electrons. The van der Waals surface area contributed by atoms with E-state index in [1.807, 2.05) is 13.0 Å². The average Bonchev–Trinajstić information content (AvgIpc) is 3.09. The molecular weight excluding hydrogens is 214 g/mol. The van der Waals surface area contributed by atoms with Gasteiger partial charge in [0.15, 0.2) is 0 Å². The molecule has 0 aliphatic heterocycles. The van der Waals surface area contributed by atoms with Gasteiger partial charge < -0.3 is 16.0 Å². The fraction of sp³-hybridized carbons (Fsp3) is 0.667. The third kappa shape index (κ3) is 2.99. The minimum absolute atomic E-state index is 0.347. The summed E-state index contributed by atoms with van der Waals surface area (Å²) in [4.78, 5) is 10.9. The number of nitrogens with zero attached hydrogens (tertiary/aromatic N) is 3. The van der Waals surface area contributed by atoms with Crippen molar-refractivity contribution < 1.29 is 0 Å². The van der Waals surface area contributed by atoms with Crippen molar-refractivity contribution in [1.82, 2.24) is 9.97 Å². The third-order valence-electron chi connectivity index (χ3n) is 2.83. The summed E-state index contributed by atoms with van der Waals surface area (Å²) in [7, 11) is 0. The number of aromatic nitrogens is 2. The van der Waals surface area contributed by atoms with Crippen molar-refractivity contribution >= 4 is 17.6 Å². The number of anilines is 3. The van der Waals surface area contributed by atoms with Gasteiger partial charge in [0.2, 0.25) is 5.95 Å². The molecule has 94 valence electrons. The average molecular weight is 235 g/mol. The second-order valence-corrected chi connectivity index (χ2v) is 4.42. The van der Waals surface area contributed by atoms with Gasteiger partial charge in [-0.3, -0.25) is 0 Å². The van der Waals surface area contributed by atoms with Crippen LogP contribution in [0.3, 0.4) is 0 Å². The van der Waals surface area contributed by atoms with Crippen molar-refractivity contribution in [3.05, 3.63) is 6.07 Å². The number of nitrogens with one attached hydrogen (secondary N) is 1. The van der Waals surface area contributed by atoms with Gasteiger partial charge in [-0.2, -0.15) is 9.97 Å². The van der Waals surface area contributed by atoms with E-state index in [4.69, 9.17) is 5.73 Å². The van der Waals surface area contributed by atoms with E-state index in [0.717, 1.165) is 31.1 Å². The van der Waals surface area contributed by atoms with Crippen LogP contribution in [0.25, 0.3) is 0 Å². The van der Waals surface area contributed by atoms with E-state index in [1.165, 1.54) is 12.8 Å². The molecule has 0 aromatic carbocycles. The second kappa shape index (κ2) is 5.21. The Balaban J connectivity index is 2.22. The minimum Gasteiger partial charge on any atom is -0.370 e. The van der Waals surface area contributed by atoms with Crippen LogP contribution in [0.4, 0.5) is 17.6 Å². The van der Waals surface area contributed by atoms with E-state index in [1.54, 1.807) is 0 Å². The SMILES string of the molecule is CCCN(c1cc(NCC)nc(N)n1)C1CC1. The molecule has 5 heteroatoms. The van der Waals surface area contributed by atoms with E-state index < -0.39 is 0 Å². The number of nitrogen functional groups attached to an aromatic ring is 1. The zero-order chi connectivity index (χ0) is 12.3. The first-order valence-corrected chi connectivity index (χ1v) is 6.39. The van der Waals surface area contributed by atoms with Gasteiger partial charge in [0.05, 0.1) is 0 Å². The molecule has 17 heavy (non-hydrogen) atoms. The van der Waals surface area contributed by atoms with Crippen molar-refractivity contribution in [3.63, 3.8) is 0 Å². The first-order chi connectivity index (χ1) is 8.24. The monoisotopic (exact) mass is 235 g/mol. The zero-order valence-corrected chi connectivity index (χ0v) is 10.6. The van der Waals surface area contributed by atoms with Crippen LogP contribution in [0, 0.1) is 0 Å². The molecule has 0 bridgehead atoms. The molecule has 1 heterocycles. The highest BCUT2D eigenvalue weighted by Gasteiger charge is 2.29. The lowest BCUT2D eigenvalue weighted by Crippen LogP contribution is -2.27. The Labute approximate surface area is 102 Å². The largest absolute Gasteiger partial charge is 0.370 e. The lowest BCUT2D eigenvalue weighted by Gasteiger charge is -2.23. The number of rotatable bonds is 6. The summed E-state index contributed by atoms with van der Waals surface area (Å²) in [6.07, 6.45) is 3.65. The predicted molar refractivity (Wildman–Crippen MR) is 71.3 cm³/mol. The van der Waals surface area contributed by atoms with Crippen LogP contribution in [0.5, 0.6) is 0 Å². The molecule has 1 aromatic rings. The van der Waals surface area contributed by atoms with Gasteiger partial charge >= 0.3 is 0 Å². The van der Waals surface area contributed by atoms with Gasteiger partial charge in [0, 0.05) is 25.2 Å². The van der Waals surface area contributed by atoms with Gasteiger partial charge in [0.25, 0.3) is 0 Å². The van der Waals surface area contributed by atoms with Crippen LogP contribution < -0.4 is 16.0 Å².